The average Bonchev–Trinajstić information content (AvgIpc) is 2.06. The molecule has 1 unspecified atom stereocenters. The standard InChI is InChI=1S/C9H17BrO/c1-8(7-10)6-9-2-4-11-5-3-9/h8-9H,2-7H2,1H3. The van der Waals surface area contributed by atoms with E-state index in [0.717, 1.165) is 30.4 Å². The zero-order chi connectivity index (χ0) is 8.10. The van der Waals surface area contributed by atoms with E-state index >= 15 is 0 Å². The molecule has 1 saturated heterocycles. The molecule has 2 heteroatoms. The van der Waals surface area contributed by atoms with E-state index in [1.807, 2.05) is 0 Å². The van der Waals surface area contributed by atoms with Crippen molar-refractivity contribution in [2.24, 2.45) is 11.8 Å². The van der Waals surface area contributed by atoms with E-state index in [1.54, 1.807) is 0 Å². The van der Waals surface area contributed by atoms with Gasteiger partial charge in [0.2, 0.25) is 0 Å². The topological polar surface area (TPSA) is 9.23 Å². The maximum atomic E-state index is 5.30. The van der Waals surface area contributed by atoms with Crippen molar-refractivity contribution < 1.29 is 4.74 Å². The van der Waals surface area contributed by atoms with Crippen molar-refractivity contribution in [2.75, 3.05) is 18.5 Å². The zero-order valence-corrected chi connectivity index (χ0v) is 8.77. The van der Waals surface area contributed by atoms with Crippen molar-refractivity contribution in [2.45, 2.75) is 26.2 Å². The molecule has 1 aliphatic rings. The van der Waals surface area contributed by atoms with Crippen LogP contribution in [0.5, 0.6) is 0 Å². The normalized spacial score (nSPS) is 23.5. The largest absolute Gasteiger partial charge is 0.381 e. The molecule has 0 bridgehead atoms. The Bertz CT molecular complexity index is 99.7. The third-order valence-electron chi connectivity index (χ3n) is 2.34. The van der Waals surface area contributed by atoms with Gasteiger partial charge >= 0.3 is 0 Å². The Morgan fingerprint density at radius 3 is 2.64 bits per heavy atom. The molecule has 1 aliphatic heterocycles. The van der Waals surface area contributed by atoms with Gasteiger partial charge in [-0.05, 0) is 31.1 Å². The van der Waals surface area contributed by atoms with Gasteiger partial charge in [-0.25, -0.2) is 0 Å². The van der Waals surface area contributed by atoms with Crippen LogP contribution in [0.4, 0.5) is 0 Å². The van der Waals surface area contributed by atoms with E-state index in [9.17, 15) is 0 Å². The molecule has 0 amide bonds. The Hall–Kier alpha value is 0.440. The molecule has 0 aliphatic carbocycles. The van der Waals surface area contributed by atoms with Gasteiger partial charge in [-0.15, -0.1) is 0 Å². The van der Waals surface area contributed by atoms with Crippen LogP contribution in [0.25, 0.3) is 0 Å². The van der Waals surface area contributed by atoms with Gasteiger partial charge < -0.3 is 4.74 Å². The number of hydrogen-bond acceptors (Lipinski definition) is 1. The Labute approximate surface area is 77.6 Å². The fraction of sp³-hybridized carbons (Fsp3) is 1.00. The number of rotatable bonds is 3. The van der Waals surface area contributed by atoms with Gasteiger partial charge in [-0.1, -0.05) is 22.9 Å². The first kappa shape index (κ1) is 9.53. The van der Waals surface area contributed by atoms with Crippen LogP contribution in [0.2, 0.25) is 0 Å². The summed E-state index contributed by atoms with van der Waals surface area (Å²) >= 11 is 3.51. The molecule has 0 N–H and O–H groups in total. The second kappa shape index (κ2) is 5.15. The molecule has 11 heavy (non-hydrogen) atoms. The van der Waals surface area contributed by atoms with Gasteiger partial charge in [0, 0.05) is 18.5 Å². The average molecular weight is 221 g/mol. The predicted molar refractivity (Wildman–Crippen MR) is 51.1 cm³/mol. The molecular weight excluding hydrogens is 204 g/mol. The van der Waals surface area contributed by atoms with Crippen LogP contribution in [-0.4, -0.2) is 18.5 Å². The predicted octanol–water partition coefficient (Wildman–Crippen LogP) is 2.83. The summed E-state index contributed by atoms with van der Waals surface area (Å²) in [6, 6.07) is 0. The quantitative estimate of drug-likeness (QED) is 0.666. The molecular formula is C9H17BrO. The number of ether oxygens (including phenoxy) is 1. The lowest BCUT2D eigenvalue weighted by atomic mass is 9.91. The van der Waals surface area contributed by atoms with Crippen molar-refractivity contribution in [3.8, 4) is 0 Å². The zero-order valence-electron chi connectivity index (χ0n) is 7.18. The number of alkyl halides is 1. The molecule has 1 nitrogen and oxygen atoms in total. The van der Waals surface area contributed by atoms with Crippen LogP contribution < -0.4 is 0 Å². The summed E-state index contributed by atoms with van der Waals surface area (Å²) in [7, 11) is 0. The molecule has 1 atom stereocenters. The maximum absolute atomic E-state index is 5.30. The monoisotopic (exact) mass is 220 g/mol. The minimum absolute atomic E-state index is 0.832. The SMILES string of the molecule is CC(CBr)CC1CCOCC1. The van der Waals surface area contributed by atoms with Gasteiger partial charge in [0.05, 0.1) is 0 Å². The summed E-state index contributed by atoms with van der Waals surface area (Å²) < 4.78 is 5.30. The van der Waals surface area contributed by atoms with E-state index in [-0.39, 0.29) is 0 Å². The fourth-order valence-corrected chi connectivity index (χ4v) is 1.88. The summed E-state index contributed by atoms with van der Waals surface area (Å²) in [6.07, 6.45) is 3.92. The third kappa shape index (κ3) is 3.57. The van der Waals surface area contributed by atoms with Gasteiger partial charge in [0.15, 0.2) is 0 Å². The van der Waals surface area contributed by atoms with Crippen molar-refractivity contribution in [1.82, 2.24) is 0 Å². The van der Waals surface area contributed by atoms with E-state index in [4.69, 9.17) is 4.74 Å². The summed E-state index contributed by atoms with van der Waals surface area (Å²) in [6.45, 7) is 4.28. The first-order valence-electron chi connectivity index (χ1n) is 4.46. The third-order valence-corrected chi connectivity index (χ3v) is 3.45. The Morgan fingerprint density at radius 2 is 2.09 bits per heavy atom. The van der Waals surface area contributed by atoms with Crippen LogP contribution in [0, 0.1) is 11.8 Å². The van der Waals surface area contributed by atoms with Crippen molar-refractivity contribution in [3.63, 3.8) is 0 Å². The summed E-state index contributed by atoms with van der Waals surface area (Å²) in [5.41, 5.74) is 0. The summed E-state index contributed by atoms with van der Waals surface area (Å²) in [4.78, 5) is 0. The van der Waals surface area contributed by atoms with Crippen molar-refractivity contribution >= 4 is 15.9 Å². The fourth-order valence-electron chi connectivity index (χ4n) is 1.61. The first-order valence-corrected chi connectivity index (χ1v) is 5.58. The molecule has 66 valence electrons. The molecule has 0 spiro atoms. The Kier molecular flexibility index (Phi) is 4.46. The van der Waals surface area contributed by atoms with Gasteiger partial charge in [-0.2, -0.15) is 0 Å². The second-order valence-corrected chi connectivity index (χ2v) is 4.20. The molecule has 1 heterocycles. The molecule has 0 aromatic carbocycles. The van der Waals surface area contributed by atoms with Crippen molar-refractivity contribution in [3.05, 3.63) is 0 Å². The molecule has 0 radical (unpaired) electrons. The first-order chi connectivity index (χ1) is 5.33. The Morgan fingerprint density at radius 1 is 1.45 bits per heavy atom. The van der Waals surface area contributed by atoms with Crippen LogP contribution in [0.15, 0.2) is 0 Å². The maximum Gasteiger partial charge on any atom is 0.0468 e. The summed E-state index contributed by atoms with van der Waals surface area (Å²) in [5.74, 6) is 1.76. The van der Waals surface area contributed by atoms with Gasteiger partial charge in [0.1, 0.15) is 0 Å². The summed E-state index contributed by atoms with van der Waals surface area (Å²) in [5, 5.41) is 1.14. The molecule has 0 saturated carbocycles. The van der Waals surface area contributed by atoms with Crippen LogP contribution in [0.1, 0.15) is 26.2 Å². The van der Waals surface area contributed by atoms with Gasteiger partial charge in [-0.3, -0.25) is 0 Å². The Balaban J connectivity index is 2.13. The van der Waals surface area contributed by atoms with Crippen LogP contribution >= 0.6 is 15.9 Å². The highest BCUT2D eigenvalue weighted by molar-refractivity contribution is 9.09. The molecule has 1 fully saturated rings. The second-order valence-electron chi connectivity index (χ2n) is 3.55. The lowest BCUT2D eigenvalue weighted by Gasteiger charge is -2.23. The minimum atomic E-state index is 0.832. The molecule has 1 rings (SSSR count). The van der Waals surface area contributed by atoms with E-state index in [1.165, 1.54) is 19.3 Å². The van der Waals surface area contributed by atoms with E-state index in [2.05, 4.69) is 22.9 Å². The van der Waals surface area contributed by atoms with E-state index < -0.39 is 0 Å². The van der Waals surface area contributed by atoms with Gasteiger partial charge in [0.25, 0.3) is 0 Å². The van der Waals surface area contributed by atoms with Crippen molar-refractivity contribution in [1.29, 1.82) is 0 Å². The molecule has 0 aromatic rings. The number of hydrogen-bond donors (Lipinski definition) is 0. The lowest BCUT2D eigenvalue weighted by Crippen LogP contribution is -2.18. The highest BCUT2D eigenvalue weighted by Crippen LogP contribution is 2.23. The highest BCUT2D eigenvalue weighted by atomic mass is 79.9. The van der Waals surface area contributed by atoms with E-state index in [0.29, 0.717) is 0 Å². The smallest absolute Gasteiger partial charge is 0.0468 e. The highest BCUT2D eigenvalue weighted by Gasteiger charge is 2.15. The number of halogens is 1. The lowest BCUT2D eigenvalue weighted by molar-refractivity contribution is 0.0604. The minimum Gasteiger partial charge on any atom is -0.381 e. The molecule has 0 aromatic heterocycles. The van der Waals surface area contributed by atoms with Crippen LogP contribution in [-0.2, 0) is 4.74 Å². The van der Waals surface area contributed by atoms with Crippen LogP contribution in [0.3, 0.4) is 0 Å².